The summed E-state index contributed by atoms with van der Waals surface area (Å²) < 4.78 is 0. The molecule has 0 aliphatic carbocycles. The van der Waals surface area contributed by atoms with Gasteiger partial charge in [0.05, 0.1) is 17.3 Å². The van der Waals surface area contributed by atoms with Crippen molar-refractivity contribution in [2.45, 2.75) is 20.3 Å². The van der Waals surface area contributed by atoms with E-state index in [4.69, 9.17) is 16.9 Å². The number of halogens is 1. The molecule has 0 aromatic carbocycles. The highest BCUT2D eigenvalue weighted by molar-refractivity contribution is 6.31. The summed E-state index contributed by atoms with van der Waals surface area (Å²) in [6.07, 6.45) is 2.56. The van der Waals surface area contributed by atoms with Crippen molar-refractivity contribution < 1.29 is 0 Å². The highest BCUT2D eigenvalue weighted by Gasteiger charge is 2.10. The van der Waals surface area contributed by atoms with Crippen molar-refractivity contribution in [3.05, 3.63) is 34.2 Å². The lowest BCUT2D eigenvalue weighted by molar-refractivity contribution is 1.04. The number of pyridine rings is 2. The lowest BCUT2D eigenvalue weighted by Crippen LogP contribution is -1.94. The molecule has 2 rings (SSSR count). The fourth-order valence-corrected chi connectivity index (χ4v) is 1.93. The maximum absolute atomic E-state index is 9.00. The molecule has 0 aliphatic heterocycles. The average molecular weight is 232 g/mol. The summed E-state index contributed by atoms with van der Waals surface area (Å²) in [6, 6.07) is 4.05. The molecule has 0 aliphatic rings. The Morgan fingerprint density at radius 2 is 2.25 bits per heavy atom. The summed E-state index contributed by atoms with van der Waals surface area (Å²) in [4.78, 5) is 8.42. The number of aromatic nitrogens is 2. The van der Waals surface area contributed by atoms with Gasteiger partial charge in [0.2, 0.25) is 0 Å². The number of rotatable bonds is 1. The minimum absolute atomic E-state index is 0.249. The molecule has 0 atom stereocenters. The van der Waals surface area contributed by atoms with Crippen LogP contribution in [0.25, 0.3) is 10.9 Å². The molecule has 0 saturated carbocycles. The van der Waals surface area contributed by atoms with Crippen molar-refractivity contribution in [2.75, 3.05) is 0 Å². The van der Waals surface area contributed by atoms with Crippen LogP contribution in [0.3, 0.4) is 0 Å². The summed E-state index contributed by atoms with van der Waals surface area (Å²) in [6.45, 7) is 3.92. The van der Waals surface area contributed by atoms with E-state index in [1.54, 1.807) is 6.20 Å². The second-order valence-electron chi connectivity index (χ2n) is 3.56. The Hall–Kier alpha value is -1.66. The lowest BCUT2D eigenvalue weighted by Gasteiger charge is -2.06. The Morgan fingerprint density at radius 3 is 2.88 bits per heavy atom. The van der Waals surface area contributed by atoms with Gasteiger partial charge in [0.15, 0.2) is 0 Å². The first-order valence-electron chi connectivity index (χ1n) is 5.02. The molecular weight excluding hydrogens is 222 g/mol. The quantitative estimate of drug-likeness (QED) is 0.709. The first kappa shape index (κ1) is 10.8. The second-order valence-corrected chi connectivity index (χ2v) is 3.92. The smallest absolute Gasteiger partial charge is 0.147 e. The third-order valence-corrected chi connectivity index (χ3v) is 2.89. The van der Waals surface area contributed by atoms with Gasteiger partial charge >= 0.3 is 0 Å². The van der Waals surface area contributed by atoms with Crippen molar-refractivity contribution >= 4 is 22.5 Å². The van der Waals surface area contributed by atoms with Gasteiger partial charge in [0.25, 0.3) is 0 Å². The normalized spacial score (nSPS) is 10.4. The molecule has 0 amide bonds. The largest absolute Gasteiger partial charge is 0.259 e. The van der Waals surface area contributed by atoms with E-state index in [9.17, 15) is 0 Å². The minimum atomic E-state index is 0.249. The van der Waals surface area contributed by atoms with Crippen molar-refractivity contribution in [2.24, 2.45) is 0 Å². The summed E-state index contributed by atoms with van der Waals surface area (Å²) in [5.41, 5.74) is 3.04. The van der Waals surface area contributed by atoms with Gasteiger partial charge < -0.3 is 0 Å². The standard InChI is InChI=1S/C12H10ClN3/c1-3-8-4-9-7(2)10(5-14)12(13)16-11(9)6-15-8/h4,6H,3H2,1-2H3. The molecular formula is C12H10ClN3. The predicted molar refractivity (Wildman–Crippen MR) is 63.4 cm³/mol. The van der Waals surface area contributed by atoms with Crippen LogP contribution >= 0.6 is 11.6 Å². The molecule has 0 radical (unpaired) electrons. The highest BCUT2D eigenvalue weighted by atomic mass is 35.5. The molecule has 0 saturated heterocycles. The van der Waals surface area contributed by atoms with Crippen LogP contribution in [0, 0.1) is 18.3 Å². The van der Waals surface area contributed by atoms with Crippen LogP contribution in [0.4, 0.5) is 0 Å². The minimum Gasteiger partial charge on any atom is -0.259 e. The summed E-state index contributed by atoms with van der Waals surface area (Å²) in [5, 5.41) is 10.2. The zero-order valence-corrected chi connectivity index (χ0v) is 9.84. The molecule has 0 unspecified atom stereocenters. The Morgan fingerprint density at radius 1 is 1.50 bits per heavy atom. The van der Waals surface area contributed by atoms with E-state index in [0.29, 0.717) is 5.56 Å². The fraction of sp³-hybridized carbons (Fsp3) is 0.250. The third kappa shape index (κ3) is 1.62. The maximum atomic E-state index is 9.00. The molecule has 0 fully saturated rings. The number of nitrogens with zero attached hydrogens (tertiary/aromatic N) is 3. The van der Waals surface area contributed by atoms with Gasteiger partial charge in [-0.3, -0.25) is 4.98 Å². The Balaban J connectivity index is 2.85. The van der Waals surface area contributed by atoms with E-state index in [2.05, 4.69) is 16.0 Å². The van der Waals surface area contributed by atoms with E-state index in [0.717, 1.165) is 28.6 Å². The maximum Gasteiger partial charge on any atom is 0.147 e. The van der Waals surface area contributed by atoms with Gasteiger partial charge in [0, 0.05) is 11.1 Å². The van der Waals surface area contributed by atoms with E-state index in [1.165, 1.54) is 0 Å². The second kappa shape index (κ2) is 4.07. The zero-order valence-electron chi connectivity index (χ0n) is 9.08. The topological polar surface area (TPSA) is 49.6 Å². The van der Waals surface area contributed by atoms with Crippen LogP contribution in [0.1, 0.15) is 23.7 Å². The van der Waals surface area contributed by atoms with Crippen molar-refractivity contribution in [1.82, 2.24) is 9.97 Å². The third-order valence-electron chi connectivity index (χ3n) is 2.62. The van der Waals surface area contributed by atoms with Crippen LogP contribution in [-0.4, -0.2) is 9.97 Å². The zero-order chi connectivity index (χ0) is 11.7. The van der Waals surface area contributed by atoms with Crippen LogP contribution in [0.2, 0.25) is 5.15 Å². The molecule has 0 spiro atoms. The molecule has 2 heterocycles. The number of fused-ring (bicyclic) bond motifs is 1. The van der Waals surface area contributed by atoms with E-state index >= 15 is 0 Å². The van der Waals surface area contributed by atoms with Gasteiger partial charge in [-0.2, -0.15) is 5.26 Å². The Bertz CT molecular complexity index is 599. The molecule has 0 bridgehead atoms. The van der Waals surface area contributed by atoms with Crippen molar-refractivity contribution in [3.63, 3.8) is 0 Å². The van der Waals surface area contributed by atoms with Crippen LogP contribution < -0.4 is 0 Å². The number of hydrogen-bond donors (Lipinski definition) is 0. The molecule has 80 valence electrons. The molecule has 2 aromatic rings. The molecule has 0 N–H and O–H groups in total. The molecule has 4 heteroatoms. The number of nitriles is 1. The average Bonchev–Trinajstić information content (AvgIpc) is 2.29. The Kier molecular flexibility index (Phi) is 2.76. The molecule has 2 aromatic heterocycles. The van der Waals surface area contributed by atoms with Crippen molar-refractivity contribution in [1.29, 1.82) is 5.26 Å². The van der Waals surface area contributed by atoms with E-state index < -0.39 is 0 Å². The van der Waals surface area contributed by atoms with Crippen molar-refractivity contribution in [3.8, 4) is 6.07 Å². The number of aryl methyl sites for hydroxylation is 2. The number of hydrogen-bond acceptors (Lipinski definition) is 3. The van der Waals surface area contributed by atoms with Gasteiger partial charge in [-0.05, 0) is 25.0 Å². The van der Waals surface area contributed by atoms with E-state index in [-0.39, 0.29) is 5.15 Å². The van der Waals surface area contributed by atoms with Gasteiger partial charge in [-0.1, -0.05) is 18.5 Å². The van der Waals surface area contributed by atoms with Crippen LogP contribution in [0.15, 0.2) is 12.3 Å². The predicted octanol–water partition coefficient (Wildman–Crippen LogP) is 3.03. The monoisotopic (exact) mass is 231 g/mol. The molecule has 3 nitrogen and oxygen atoms in total. The Labute approximate surface area is 98.7 Å². The summed E-state index contributed by atoms with van der Waals surface area (Å²) in [7, 11) is 0. The van der Waals surface area contributed by atoms with Gasteiger partial charge in [-0.15, -0.1) is 0 Å². The lowest BCUT2D eigenvalue weighted by atomic mass is 10.1. The van der Waals surface area contributed by atoms with E-state index in [1.807, 2.05) is 19.9 Å². The SMILES string of the molecule is CCc1cc2c(C)c(C#N)c(Cl)nc2cn1. The van der Waals surface area contributed by atoms with Crippen LogP contribution in [0.5, 0.6) is 0 Å². The fourth-order valence-electron chi connectivity index (χ4n) is 1.66. The summed E-state index contributed by atoms with van der Waals surface area (Å²) >= 11 is 5.92. The van der Waals surface area contributed by atoms with Crippen LogP contribution in [-0.2, 0) is 6.42 Å². The van der Waals surface area contributed by atoms with Gasteiger partial charge in [0.1, 0.15) is 11.2 Å². The first-order chi connectivity index (χ1) is 7.67. The summed E-state index contributed by atoms with van der Waals surface area (Å²) in [5.74, 6) is 0. The first-order valence-corrected chi connectivity index (χ1v) is 5.40. The highest BCUT2D eigenvalue weighted by Crippen LogP contribution is 2.25. The van der Waals surface area contributed by atoms with Gasteiger partial charge in [-0.25, -0.2) is 4.98 Å². The molecule has 16 heavy (non-hydrogen) atoms.